The average molecular weight is 376 g/mol. The van der Waals surface area contributed by atoms with Gasteiger partial charge in [0.2, 0.25) is 5.91 Å². The maximum absolute atomic E-state index is 13.6. The Kier molecular flexibility index (Phi) is 4.28. The van der Waals surface area contributed by atoms with Gasteiger partial charge in [0.25, 0.3) is 0 Å². The first kappa shape index (κ1) is 17.8. The summed E-state index contributed by atoms with van der Waals surface area (Å²) >= 11 is 0. The standard InChI is InChI=1S/C19H19F3N4O/c1-11-13-8-4-5-9-14(13)24-18-16(11)17(19(20,21)22)25-26(18)10-15(27)23-12-6-2-3-7-12/h4-5,8-9,12H,2-3,6-7,10H2,1H3,(H,23,27). The van der Waals surface area contributed by atoms with Gasteiger partial charge in [0.15, 0.2) is 11.3 Å². The number of para-hydroxylation sites is 1. The number of hydrogen-bond donors (Lipinski definition) is 1. The van der Waals surface area contributed by atoms with E-state index in [1.54, 1.807) is 31.2 Å². The van der Waals surface area contributed by atoms with Crippen LogP contribution in [0.15, 0.2) is 24.3 Å². The molecule has 1 N–H and O–H groups in total. The molecule has 1 saturated carbocycles. The zero-order chi connectivity index (χ0) is 19.2. The average Bonchev–Trinajstić information content (AvgIpc) is 3.23. The Hall–Kier alpha value is -2.64. The fourth-order valence-electron chi connectivity index (χ4n) is 3.84. The number of carbonyl (C=O) groups is 1. The molecule has 1 amide bonds. The fraction of sp³-hybridized carbons (Fsp3) is 0.421. The van der Waals surface area contributed by atoms with Crippen molar-refractivity contribution in [2.24, 2.45) is 0 Å². The molecule has 0 spiro atoms. The maximum Gasteiger partial charge on any atom is 0.435 e. The lowest BCUT2D eigenvalue weighted by Gasteiger charge is -2.12. The van der Waals surface area contributed by atoms with E-state index in [1.807, 2.05) is 0 Å². The Morgan fingerprint density at radius 1 is 1.26 bits per heavy atom. The number of aryl methyl sites for hydroxylation is 1. The summed E-state index contributed by atoms with van der Waals surface area (Å²) in [5.74, 6) is -0.340. The van der Waals surface area contributed by atoms with Crippen molar-refractivity contribution in [3.8, 4) is 0 Å². The van der Waals surface area contributed by atoms with Crippen molar-refractivity contribution in [2.45, 2.75) is 51.4 Å². The van der Waals surface area contributed by atoms with Crippen LogP contribution in [-0.2, 0) is 17.5 Å². The lowest BCUT2D eigenvalue weighted by molar-refractivity contribution is -0.140. The Balaban J connectivity index is 1.81. The minimum Gasteiger partial charge on any atom is -0.352 e. The fourth-order valence-corrected chi connectivity index (χ4v) is 3.84. The highest BCUT2D eigenvalue weighted by Crippen LogP contribution is 2.37. The molecule has 8 heteroatoms. The Bertz CT molecular complexity index is 1020. The van der Waals surface area contributed by atoms with Gasteiger partial charge in [-0.05, 0) is 31.4 Å². The molecule has 1 aliphatic carbocycles. The number of amides is 1. The Labute approximate surface area is 153 Å². The summed E-state index contributed by atoms with van der Waals surface area (Å²) in [4.78, 5) is 16.7. The third-order valence-electron chi connectivity index (χ3n) is 5.12. The number of pyridine rings is 1. The van der Waals surface area contributed by atoms with Gasteiger partial charge < -0.3 is 5.32 Å². The molecule has 2 aromatic heterocycles. The van der Waals surface area contributed by atoms with Gasteiger partial charge in [0.05, 0.1) is 10.9 Å². The minimum atomic E-state index is -4.62. The number of carbonyl (C=O) groups excluding carboxylic acids is 1. The molecule has 0 aliphatic heterocycles. The highest BCUT2D eigenvalue weighted by atomic mass is 19.4. The molecule has 3 aromatic rings. The van der Waals surface area contributed by atoms with Crippen molar-refractivity contribution >= 4 is 27.8 Å². The number of fused-ring (bicyclic) bond motifs is 2. The quantitative estimate of drug-likeness (QED) is 0.752. The zero-order valence-corrected chi connectivity index (χ0v) is 14.8. The summed E-state index contributed by atoms with van der Waals surface area (Å²) in [5, 5.41) is 7.21. The van der Waals surface area contributed by atoms with Crippen LogP contribution in [0.1, 0.15) is 36.9 Å². The van der Waals surface area contributed by atoms with Gasteiger partial charge in [-0.25, -0.2) is 9.67 Å². The molecule has 0 unspecified atom stereocenters. The summed E-state index contributed by atoms with van der Waals surface area (Å²) < 4.78 is 41.8. The summed E-state index contributed by atoms with van der Waals surface area (Å²) in [6.07, 6.45) is -0.704. The van der Waals surface area contributed by atoms with Crippen LogP contribution in [0.3, 0.4) is 0 Å². The number of aromatic nitrogens is 3. The molecule has 1 fully saturated rings. The van der Waals surface area contributed by atoms with Gasteiger partial charge in [-0.1, -0.05) is 31.0 Å². The molecule has 0 atom stereocenters. The lowest BCUT2D eigenvalue weighted by Crippen LogP contribution is -2.35. The Morgan fingerprint density at radius 2 is 1.96 bits per heavy atom. The molecular weight excluding hydrogens is 357 g/mol. The van der Waals surface area contributed by atoms with Gasteiger partial charge in [0.1, 0.15) is 6.54 Å². The van der Waals surface area contributed by atoms with E-state index in [0.717, 1.165) is 30.4 Å². The van der Waals surface area contributed by atoms with Crippen LogP contribution in [0.5, 0.6) is 0 Å². The molecule has 0 saturated heterocycles. The monoisotopic (exact) mass is 376 g/mol. The van der Waals surface area contributed by atoms with Crippen molar-refractivity contribution in [3.05, 3.63) is 35.5 Å². The van der Waals surface area contributed by atoms with Crippen molar-refractivity contribution in [2.75, 3.05) is 0 Å². The molecule has 27 heavy (non-hydrogen) atoms. The normalized spacial score (nSPS) is 15.7. The van der Waals surface area contributed by atoms with E-state index in [9.17, 15) is 18.0 Å². The zero-order valence-electron chi connectivity index (χ0n) is 14.8. The topological polar surface area (TPSA) is 59.8 Å². The molecule has 0 bridgehead atoms. The van der Waals surface area contributed by atoms with Crippen molar-refractivity contribution in [3.63, 3.8) is 0 Å². The predicted molar refractivity (Wildman–Crippen MR) is 95.2 cm³/mol. The largest absolute Gasteiger partial charge is 0.435 e. The van der Waals surface area contributed by atoms with Crippen LogP contribution in [0, 0.1) is 6.92 Å². The van der Waals surface area contributed by atoms with Crippen molar-refractivity contribution < 1.29 is 18.0 Å². The van der Waals surface area contributed by atoms with Gasteiger partial charge in [-0.2, -0.15) is 18.3 Å². The number of hydrogen-bond acceptors (Lipinski definition) is 3. The first-order valence-corrected chi connectivity index (χ1v) is 8.97. The van der Waals surface area contributed by atoms with Crippen molar-refractivity contribution in [1.29, 1.82) is 0 Å². The van der Waals surface area contributed by atoms with Crippen LogP contribution < -0.4 is 5.32 Å². The predicted octanol–water partition coefficient (Wildman–Crippen LogP) is 3.97. The molecular formula is C19H19F3N4O. The third kappa shape index (κ3) is 3.24. The smallest absolute Gasteiger partial charge is 0.352 e. The van der Waals surface area contributed by atoms with E-state index >= 15 is 0 Å². The molecule has 0 radical (unpaired) electrons. The van der Waals surface area contributed by atoms with Crippen molar-refractivity contribution in [1.82, 2.24) is 20.1 Å². The number of rotatable bonds is 3. The lowest BCUT2D eigenvalue weighted by atomic mass is 10.1. The van der Waals surface area contributed by atoms with E-state index in [-0.39, 0.29) is 29.5 Å². The molecule has 5 nitrogen and oxygen atoms in total. The third-order valence-corrected chi connectivity index (χ3v) is 5.12. The SMILES string of the molecule is Cc1c2ccccc2nc2c1c(C(F)(F)F)nn2CC(=O)NC1CCCC1. The van der Waals surface area contributed by atoms with E-state index in [4.69, 9.17) is 0 Å². The van der Waals surface area contributed by atoms with Crippen LogP contribution in [0.4, 0.5) is 13.2 Å². The van der Waals surface area contributed by atoms with E-state index in [2.05, 4.69) is 15.4 Å². The van der Waals surface area contributed by atoms with Crippen LogP contribution in [0.2, 0.25) is 0 Å². The van der Waals surface area contributed by atoms with Crippen LogP contribution in [-0.4, -0.2) is 26.7 Å². The van der Waals surface area contributed by atoms with E-state index in [1.165, 1.54) is 0 Å². The van der Waals surface area contributed by atoms with Crippen LogP contribution in [0.25, 0.3) is 21.9 Å². The summed E-state index contributed by atoms with van der Waals surface area (Å²) in [5.41, 5.74) is 0.126. The highest BCUT2D eigenvalue weighted by Gasteiger charge is 2.38. The summed E-state index contributed by atoms with van der Waals surface area (Å²) in [7, 11) is 0. The first-order chi connectivity index (χ1) is 12.8. The number of nitrogens with one attached hydrogen (secondary N) is 1. The van der Waals surface area contributed by atoms with Gasteiger partial charge in [0, 0.05) is 11.4 Å². The number of alkyl halides is 3. The van der Waals surface area contributed by atoms with Gasteiger partial charge in [-0.15, -0.1) is 0 Å². The molecule has 1 aromatic carbocycles. The maximum atomic E-state index is 13.6. The molecule has 142 valence electrons. The van der Waals surface area contributed by atoms with E-state index in [0.29, 0.717) is 16.5 Å². The highest BCUT2D eigenvalue weighted by molar-refractivity contribution is 5.97. The molecule has 1 aliphatic rings. The number of nitrogens with zero attached hydrogens (tertiary/aromatic N) is 3. The van der Waals surface area contributed by atoms with Crippen LogP contribution >= 0.6 is 0 Å². The van der Waals surface area contributed by atoms with E-state index < -0.39 is 11.9 Å². The second kappa shape index (κ2) is 6.51. The second-order valence-electron chi connectivity index (χ2n) is 7.01. The number of benzene rings is 1. The summed E-state index contributed by atoms with van der Waals surface area (Å²) in [6.45, 7) is 1.35. The molecule has 4 rings (SSSR count). The summed E-state index contributed by atoms with van der Waals surface area (Å²) in [6, 6.07) is 7.11. The van der Waals surface area contributed by atoms with Gasteiger partial charge >= 0.3 is 6.18 Å². The van der Waals surface area contributed by atoms with Gasteiger partial charge in [-0.3, -0.25) is 4.79 Å². The first-order valence-electron chi connectivity index (χ1n) is 8.97. The Morgan fingerprint density at radius 3 is 2.67 bits per heavy atom. The minimum absolute atomic E-state index is 0.0464. The molecule has 2 heterocycles. The second-order valence-corrected chi connectivity index (χ2v) is 7.01. The number of halogens is 3.